The maximum atomic E-state index is 12.7. The van der Waals surface area contributed by atoms with Crippen LogP contribution in [0.1, 0.15) is 11.5 Å². The van der Waals surface area contributed by atoms with E-state index in [0.29, 0.717) is 33.1 Å². The number of nitrogens with zero attached hydrogens (tertiary/aromatic N) is 1. The van der Waals surface area contributed by atoms with Gasteiger partial charge < -0.3 is 4.42 Å². The first kappa shape index (κ1) is 15.2. The van der Waals surface area contributed by atoms with Crippen LogP contribution in [-0.2, 0) is 6.18 Å². The summed E-state index contributed by atoms with van der Waals surface area (Å²) >= 11 is 12.1. The Morgan fingerprint density at radius 3 is 2.41 bits per heavy atom. The molecule has 2 nitrogen and oxygen atoms in total. The van der Waals surface area contributed by atoms with Crippen molar-refractivity contribution in [1.82, 2.24) is 4.98 Å². The van der Waals surface area contributed by atoms with E-state index in [-0.39, 0.29) is 5.02 Å². The largest absolute Gasteiger partial charge is 0.439 e. The minimum Gasteiger partial charge on any atom is -0.439 e. The van der Waals surface area contributed by atoms with Crippen LogP contribution in [0.2, 0.25) is 10.0 Å². The molecule has 0 bridgehead atoms. The molecule has 0 aliphatic heterocycles. The number of aryl methyl sites for hydroxylation is 1. The Morgan fingerprint density at radius 2 is 1.77 bits per heavy atom. The Bertz CT molecular complexity index is 871. The summed E-state index contributed by atoms with van der Waals surface area (Å²) in [7, 11) is 0. The van der Waals surface area contributed by atoms with Crippen LogP contribution in [0.5, 0.6) is 0 Å². The van der Waals surface area contributed by atoms with Crippen molar-refractivity contribution in [2.75, 3.05) is 0 Å². The number of halogens is 5. The maximum Gasteiger partial charge on any atom is 0.416 e. The standard InChI is InChI=1S/C15H8Cl2F3NO/c1-7-21-13-5-8(4-12(17)14(13)22-7)10-3-2-9(6-11(10)16)15(18,19)20/h2-6H,1H3. The zero-order valence-corrected chi connectivity index (χ0v) is 12.6. The van der Waals surface area contributed by atoms with Crippen LogP contribution >= 0.6 is 23.2 Å². The topological polar surface area (TPSA) is 26.0 Å². The van der Waals surface area contributed by atoms with E-state index in [1.54, 1.807) is 19.1 Å². The van der Waals surface area contributed by atoms with Crippen LogP contribution in [0.4, 0.5) is 13.2 Å². The smallest absolute Gasteiger partial charge is 0.416 e. The summed E-state index contributed by atoms with van der Waals surface area (Å²) in [5.41, 5.74) is 1.18. The number of rotatable bonds is 1. The van der Waals surface area contributed by atoms with Crippen molar-refractivity contribution in [3.8, 4) is 11.1 Å². The van der Waals surface area contributed by atoms with Gasteiger partial charge in [0, 0.05) is 17.5 Å². The maximum absolute atomic E-state index is 12.7. The van der Waals surface area contributed by atoms with Gasteiger partial charge in [-0.1, -0.05) is 29.3 Å². The summed E-state index contributed by atoms with van der Waals surface area (Å²) in [6.45, 7) is 1.68. The van der Waals surface area contributed by atoms with Crippen molar-refractivity contribution in [3.05, 3.63) is 51.8 Å². The van der Waals surface area contributed by atoms with Crippen molar-refractivity contribution < 1.29 is 17.6 Å². The number of hydrogen-bond donors (Lipinski definition) is 0. The predicted octanol–water partition coefficient (Wildman–Crippen LogP) is 6.13. The highest BCUT2D eigenvalue weighted by atomic mass is 35.5. The molecule has 7 heteroatoms. The molecule has 114 valence electrons. The number of fused-ring (bicyclic) bond motifs is 1. The number of alkyl halides is 3. The summed E-state index contributed by atoms with van der Waals surface area (Å²) in [5.74, 6) is 0.451. The van der Waals surface area contributed by atoms with Crippen LogP contribution in [0.3, 0.4) is 0 Å². The van der Waals surface area contributed by atoms with E-state index in [4.69, 9.17) is 27.6 Å². The van der Waals surface area contributed by atoms with Gasteiger partial charge in [-0.25, -0.2) is 4.98 Å². The lowest BCUT2D eigenvalue weighted by molar-refractivity contribution is -0.137. The number of hydrogen-bond acceptors (Lipinski definition) is 2. The summed E-state index contributed by atoms with van der Waals surface area (Å²) in [6.07, 6.45) is -4.44. The highest BCUT2D eigenvalue weighted by Crippen LogP contribution is 2.38. The Balaban J connectivity index is 2.15. The fourth-order valence-corrected chi connectivity index (χ4v) is 2.73. The summed E-state index contributed by atoms with van der Waals surface area (Å²) < 4.78 is 43.4. The van der Waals surface area contributed by atoms with Crippen molar-refractivity contribution >= 4 is 34.3 Å². The van der Waals surface area contributed by atoms with Crippen LogP contribution in [0.25, 0.3) is 22.2 Å². The third-order valence-corrected chi connectivity index (χ3v) is 3.75. The van der Waals surface area contributed by atoms with E-state index in [9.17, 15) is 13.2 Å². The van der Waals surface area contributed by atoms with E-state index in [1.807, 2.05) is 0 Å². The normalized spacial score (nSPS) is 12.1. The average Bonchev–Trinajstić information content (AvgIpc) is 2.78. The van der Waals surface area contributed by atoms with Crippen LogP contribution < -0.4 is 0 Å². The monoisotopic (exact) mass is 345 g/mol. The molecule has 0 saturated carbocycles. The molecule has 0 saturated heterocycles. The summed E-state index contributed by atoms with van der Waals surface area (Å²) in [5, 5.41) is 0.314. The molecular weight excluding hydrogens is 338 g/mol. The number of benzene rings is 2. The van der Waals surface area contributed by atoms with Gasteiger partial charge in [0.05, 0.1) is 10.6 Å². The van der Waals surface area contributed by atoms with Gasteiger partial charge in [-0.2, -0.15) is 13.2 Å². The van der Waals surface area contributed by atoms with E-state index in [0.717, 1.165) is 12.1 Å². The van der Waals surface area contributed by atoms with Crippen molar-refractivity contribution in [2.45, 2.75) is 13.1 Å². The molecule has 0 spiro atoms. The molecule has 1 heterocycles. The number of oxazole rings is 1. The Kier molecular flexibility index (Phi) is 3.57. The second-order valence-corrected chi connectivity index (χ2v) is 5.55. The lowest BCUT2D eigenvalue weighted by Gasteiger charge is -2.10. The SMILES string of the molecule is Cc1nc2cc(-c3ccc(C(F)(F)F)cc3Cl)cc(Cl)c2o1. The zero-order valence-electron chi connectivity index (χ0n) is 11.1. The van der Waals surface area contributed by atoms with Crippen LogP contribution in [0, 0.1) is 6.92 Å². The number of aromatic nitrogens is 1. The molecule has 1 aromatic heterocycles. The van der Waals surface area contributed by atoms with Gasteiger partial charge in [0.25, 0.3) is 0 Å². The average molecular weight is 346 g/mol. The van der Waals surface area contributed by atoms with Gasteiger partial charge in [-0.3, -0.25) is 0 Å². The Hall–Kier alpha value is -1.72. The Labute approximate surface area is 133 Å². The van der Waals surface area contributed by atoms with Gasteiger partial charge in [-0.05, 0) is 29.8 Å². The third kappa shape index (κ3) is 2.66. The molecule has 0 aliphatic rings. The van der Waals surface area contributed by atoms with Crippen LogP contribution in [0.15, 0.2) is 34.7 Å². The molecule has 0 unspecified atom stereocenters. The van der Waals surface area contributed by atoms with Gasteiger partial charge in [-0.15, -0.1) is 0 Å². The van der Waals surface area contributed by atoms with E-state index >= 15 is 0 Å². The molecule has 0 fully saturated rings. The lowest BCUT2D eigenvalue weighted by Crippen LogP contribution is -2.04. The predicted molar refractivity (Wildman–Crippen MR) is 79.2 cm³/mol. The molecule has 3 aromatic rings. The minimum atomic E-state index is -4.44. The first-order chi connectivity index (χ1) is 10.3. The molecular formula is C15H8Cl2F3NO. The second kappa shape index (κ2) is 5.18. The highest BCUT2D eigenvalue weighted by molar-refractivity contribution is 6.36. The Morgan fingerprint density at radius 1 is 1.05 bits per heavy atom. The van der Waals surface area contributed by atoms with E-state index in [2.05, 4.69) is 4.98 Å². The van der Waals surface area contributed by atoms with Gasteiger partial charge >= 0.3 is 6.18 Å². The summed E-state index contributed by atoms with van der Waals surface area (Å²) in [4.78, 5) is 4.17. The first-order valence-electron chi connectivity index (χ1n) is 6.19. The molecule has 0 amide bonds. The van der Waals surface area contributed by atoms with Crippen LogP contribution in [-0.4, -0.2) is 4.98 Å². The molecule has 0 aliphatic carbocycles. The highest BCUT2D eigenvalue weighted by Gasteiger charge is 2.31. The van der Waals surface area contributed by atoms with Gasteiger partial charge in [0.1, 0.15) is 5.52 Å². The lowest BCUT2D eigenvalue weighted by atomic mass is 10.0. The minimum absolute atomic E-state index is 0.00883. The molecule has 0 radical (unpaired) electrons. The van der Waals surface area contributed by atoms with Gasteiger partial charge in [0.15, 0.2) is 11.5 Å². The van der Waals surface area contributed by atoms with Crippen molar-refractivity contribution in [3.63, 3.8) is 0 Å². The quantitative estimate of drug-likeness (QED) is 0.530. The van der Waals surface area contributed by atoms with Crippen molar-refractivity contribution in [1.29, 1.82) is 0 Å². The molecule has 0 atom stereocenters. The fraction of sp³-hybridized carbons (Fsp3) is 0.133. The molecule has 3 rings (SSSR count). The van der Waals surface area contributed by atoms with E-state index < -0.39 is 11.7 Å². The van der Waals surface area contributed by atoms with E-state index in [1.165, 1.54) is 6.07 Å². The molecule has 2 aromatic carbocycles. The zero-order chi connectivity index (χ0) is 16.1. The first-order valence-corrected chi connectivity index (χ1v) is 6.95. The second-order valence-electron chi connectivity index (χ2n) is 4.73. The fourth-order valence-electron chi connectivity index (χ4n) is 2.18. The third-order valence-electron chi connectivity index (χ3n) is 3.16. The molecule has 22 heavy (non-hydrogen) atoms. The summed E-state index contributed by atoms with van der Waals surface area (Å²) in [6, 6.07) is 6.45. The van der Waals surface area contributed by atoms with Crippen molar-refractivity contribution in [2.24, 2.45) is 0 Å². The molecule has 0 N–H and O–H groups in total. The van der Waals surface area contributed by atoms with Gasteiger partial charge in [0.2, 0.25) is 0 Å².